The molecule has 0 aliphatic heterocycles. The molecular formula is C17H21BrN2O2. The summed E-state index contributed by atoms with van der Waals surface area (Å²) >= 11 is 3.35. The van der Waals surface area contributed by atoms with Crippen molar-refractivity contribution in [3.63, 3.8) is 0 Å². The molecule has 0 saturated heterocycles. The van der Waals surface area contributed by atoms with Crippen LogP contribution in [0.1, 0.15) is 12.5 Å². The number of amides is 2. The molecule has 118 valence electrons. The van der Waals surface area contributed by atoms with Crippen molar-refractivity contribution in [3.8, 4) is 0 Å². The van der Waals surface area contributed by atoms with Crippen LogP contribution in [0, 0.1) is 0 Å². The minimum Gasteiger partial charge on any atom is -0.344 e. The molecule has 1 aromatic carbocycles. The highest BCUT2D eigenvalue weighted by atomic mass is 79.9. The molecule has 0 aliphatic carbocycles. The van der Waals surface area contributed by atoms with Crippen LogP contribution in [0.3, 0.4) is 0 Å². The summed E-state index contributed by atoms with van der Waals surface area (Å²) in [6, 6.07) is 6.93. The smallest absolute Gasteiger partial charge is 0.245 e. The van der Waals surface area contributed by atoms with Gasteiger partial charge >= 0.3 is 0 Å². The molecule has 0 heterocycles. The standard InChI is InChI=1S/C17H21BrN2O2/c1-4-10-20(11-5-2)17(22)13(3)19-16(21)12-14-6-8-15(18)9-7-14/h4-9,13H,1-2,10-12H2,3H3,(H,19,21). The van der Waals surface area contributed by atoms with Gasteiger partial charge in [-0.05, 0) is 24.6 Å². The number of nitrogens with zero attached hydrogens (tertiary/aromatic N) is 1. The molecule has 0 fully saturated rings. The minimum absolute atomic E-state index is 0.149. The number of nitrogens with one attached hydrogen (secondary N) is 1. The second kappa shape index (κ2) is 9.20. The number of halogens is 1. The average molecular weight is 365 g/mol. The third kappa shape index (κ3) is 5.85. The highest BCUT2D eigenvalue weighted by molar-refractivity contribution is 9.10. The van der Waals surface area contributed by atoms with Gasteiger partial charge in [0.25, 0.3) is 0 Å². The Balaban J connectivity index is 2.58. The number of carbonyl (C=O) groups is 2. The first-order valence-electron chi connectivity index (χ1n) is 7.02. The van der Waals surface area contributed by atoms with E-state index in [9.17, 15) is 9.59 Å². The van der Waals surface area contributed by atoms with E-state index in [2.05, 4.69) is 34.4 Å². The maximum Gasteiger partial charge on any atom is 0.245 e. The van der Waals surface area contributed by atoms with Crippen LogP contribution in [0.4, 0.5) is 0 Å². The first-order chi connectivity index (χ1) is 10.5. The highest BCUT2D eigenvalue weighted by Gasteiger charge is 2.20. The maximum atomic E-state index is 12.3. The molecule has 1 unspecified atom stereocenters. The predicted molar refractivity (Wildman–Crippen MR) is 92.4 cm³/mol. The van der Waals surface area contributed by atoms with E-state index in [1.54, 1.807) is 24.0 Å². The molecule has 0 spiro atoms. The van der Waals surface area contributed by atoms with Gasteiger partial charge in [0.15, 0.2) is 0 Å². The zero-order valence-electron chi connectivity index (χ0n) is 12.7. The van der Waals surface area contributed by atoms with E-state index in [1.807, 2.05) is 24.3 Å². The van der Waals surface area contributed by atoms with Crippen LogP contribution in [0.15, 0.2) is 54.0 Å². The molecule has 1 aromatic rings. The zero-order chi connectivity index (χ0) is 16.5. The second-order valence-electron chi connectivity index (χ2n) is 4.91. The summed E-state index contributed by atoms with van der Waals surface area (Å²) < 4.78 is 0.963. The summed E-state index contributed by atoms with van der Waals surface area (Å²) in [5, 5.41) is 2.73. The van der Waals surface area contributed by atoms with Crippen LogP contribution in [0.25, 0.3) is 0 Å². The summed E-state index contributed by atoms with van der Waals surface area (Å²) in [6.07, 6.45) is 3.54. The lowest BCUT2D eigenvalue weighted by atomic mass is 10.1. The number of benzene rings is 1. The molecule has 1 atom stereocenters. The van der Waals surface area contributed by atoms with Crippen LogP contribution >= 0.6 is 15.9 Å². The van der Waals surface area contributed by atoms with Gasteiger partial charge in [0.05, 0.1) is 6.42 Å². The summed E-state index contributed by atoms with van der Waals surface area (Å²) in [6.45, 7) is 9.80. The Kier molecular flexibility index (Phi) is 7.60. The highest BCUT2D eigenvalue weighted by Crippen LogP contribution is 2.11. The fourth-order valence-corrected chi connectivity index (χ4v) is 2.25. The second-order valence-corrected chi connectivity index (χ2v) is 5.83. The van der Waals surface area contributed by atoms with Crippen molar-refractivity contribution in [1.29, 1.82) is 0 Å². The van der Waals surface area contributed by atoms with Crippen molar-refractivity contribution in [3.05, 3.63) is 59.6 Å². The largest absolute Gasteiger partial charge is 0.344 e. The molecule has 1 rings (SSSR count). The van der Waals surface area contributed by atoms with E-state index in [1.165, 1.54) is 0 Å². The van der Waals surface area contributed by atoms with Gasteiger partial charge in [-0.15, -0.1) is 13.2 Å². The Bertz CT molecular complexity index is 530. The molecular weight excluding hydrogens is 344 g/mol. The van der Waals surface area contributed by atoms with Crippen LogP contribution in [-0.4, -0.2) is 35.8 Å². The van der Waals surface area contributed by atoms with Gasteiger partial charge in [-0.2, -0.15) is 0 Å². The van der Waals surface area contributed by atoms with E-state index in [-0.39, 0.29) is 18.2 Å². The number of rotatable bonds is 8. The van der Waals surface area contributed by atoms with Crippen LogP contribution in [-0.2, 0) is 16.0 Å². The summed E-state index contributed by atoms with van der Waals surface area (Å²) in [7, 11) is 0. The number of hydrogen-bond donors (Lipinski definition) is 1. The number of hydrogen-bond acceptors (Lipinski definition) is 2. The first kappa shape index (κ1) is 18.2. The van der Waals surface area contributed by atoms with Crippen molar-refractivity contribution < 1.29 is 9.59 Å². The molecule has 4 nitrogen and oxygen atoms in total. The first-order valence-corrected chi connectivity index (χ1v) is 7.81. The topological polar surface area (TPSA) is 49.4 Å². The van der Waals surface area contributed by atoms with E-state index in [4.69, 9.17) is 0 Å². The molecule has 0 saturated carbocycles. The molecule has 0 bridgehead atoms. The third-order valence-corrected chi connectivity index (χ3v) is 3.57. The van der Waals surface area contributed by atoms with E-state index in [0.717, 1.165) is 10.0 Å². The van der Waals surface area contributed by atoms with Gasteiger partial charge in [-0.1, -0.05) is 40.2 Å². The lowest BCUT2D eigenvalue weighted by Crippen LogP contribution is -2.47. The monoisotopic (exact) mass is 364 g/mol. The van der Waals surface area contributed by atoms with Gasteiger partial charge in [0, 0.05) is 17.6 Å². The van der Waals surface area contributed by atoms with Gasteiger partial charge < -0.3 is 10.2 Å². The SMILES string of the molecule is C=CCN(CC=C)C(=O)C(C)NC(=O)Cc1ccc(Br)cc1. The van der Waals surface area contributed by atoms with E-state index >= 15 is 0 Å². The molecule has 0 aromatic heterocycles. The van der Waals surface area contributed by atoms with Crippen LogP contribution in [0.5, 0.6) is 0 Å². The van der Waals surface area contributed by atoms with Gasteiger partial charge in [0.1, 0.15) is 6.04 Å². The van der Waals surface area contributed by atoms with E-state index < -0.39 is 6.04 Å². The van der Waals surface area contributed by atoms with Gasteiger partial charge in [0.2, 0.25) is 11.8 Å². The lowest BCUT2D eigenvalue weighted by molar-refractivity contribution is -0.135. The molecule has 2 amide bonds. The van der Waals surface area contributed by atoms with Gasteiger partial charge in [-0.25, -0.2) is 0 Å². The molecule has 0 aliphatic rings. The molecule has 0 radical (unpaired) electrons. The van der Waals surface area contributed by atoms with Crippen LogP contribution < -0.4 is 5.32 Å². The maximum absolute atomic E-state index is 12.3. The number of carbonyl (C=O) groups excluding carboxylic acids is 2. The van der Waals surface area contributed by atoms with Crippen molar-refractivity contribution in [2.24, 2.45) is 0 Å². The Morgan fingerprint density at radius 2 is 1.77 bits per heavy atom. The van der Waals surface area contributed by atoms with Crippen molar-refractivity contribution in [2.45, 2.75) is 19.4 Å². The summed E-state index contributed by atoms with van der Waals surface area (Å²) in [5.41, 5.74) is 0.898. The normalized spacial score (nSPS) is 11.4. The third-order valence-electron chi connectivity index (χ3n) is 3.04. The Morgan fingerprint density at radius 1 is 1.23 bits per heavy atom. The van der Waals surface area contributed by atoms with Crippen molar-refractivity contribution >= 4 is 27.7 Å². The lowest BCUT2D eigenvalue weighted by Gasteiger charge is -2.23. The summed E-state index contributed by atoms with van der Waals surface area (Å²) in [4.78, 5) is 25.9. The van der Waals surface area contributed by atoms with E-state index in [0.29, 0.717) is 13.1 Å². The Morgan fingerprint density at radius 3 is 2.27 bits per heavy atom. The minimum atomic E-state index is -0.581. The quantitative estimate of drug-likeness (QED) is 0.721. The predicted octanol–water partition coefficient (Wildman–Crippen LogP) is 2.70. The fourth-order valence-electron chi connectivity index (χ4n) is 1.98. The summed E-state index contributed by atoms with van der Waals surface area (Å²) in [5.74, 6) is -0.329. The molecule has 22 heavy (non-hydrogen) atoms. The Hall–Kier alpha value is -1.88. The Labute approximate surface area is 140 Å². The molecule has 5 heteroatoms. The average Bonchev–Trinajstić information content (AvgIpc) is 2.48. The molecule has 1 N–H and O–H groups in total. The van der Waals surface area contributed by atoms with Crippen LogP contribution in [0.2, 0.25) is 0 Å². The van der Waals surface area contributed by atoms with Crippen molar-refractivity contribution in [2.75, 3.05) is 13.1 Å². The van der Waals surface area contributed by atoms with Gasteiger partial charge in [-0.3, -0.25) is 9.59 Å². The van der Waals surface area contributed by atoms with Crippen molar-refractivity contribution in [1.82, 2.24) is 10.2 Å². The zero-order valence-corrected chi connectivity index (χ0v) is 14.3. The fraction of sp³-hybridized carbons (Fsp3) is 0.294.